The van der Waals surface area contributed by atoms with E-state index in [0.717, 1.165) is 30.0 Å². The molecular formula is C23H29N5O3. The van der Waals surface area contributed by atoms with Gasteiger partial charge in [-0.1, -0.05) is 12.1 Å². The van der Waals surface area contributed by atoms with Gasteiger partial charge in [-0.05, 0) is 36.2 Å². The Morgan fingerprint density at radius 3 is 2.29 bits per heavy atom. The van der Waals surface area contributed by atoms with E-state index in [1.54, 1.807) is 34.6 Å². The fraction of sp³-hybridized carbons (Fsp3) is 0.304. The number of methoxy groups -OCH3 is 3. The lowest BCUT2D eigenvalue weighted by molar-refractivity contribution is 0.347. The highest BCUT2D eigenvalue weighted by atomic mass is 16.5. The van der Waals surface area contributed by atoms with Gasteiger partial charge in [0, 0.05) is 44.2 Å². The topological polar surface area (TPSA) is 81.9 Å². The van der Waals surface area contributed by atoms with Gasteiger partial charge in [0.2, 0.25) is 0 Å². The van der Waals surface area contributed by atoms with Gasteiger partial charge in [0.1, 0.15) is 5.75 Å². The lowest BCUT2D eigenvalue weighted by Gasteiger charge is -2.16. The number of nitrogens with one attached hydrogen (secondary N) is 2. The molecule has 0 radical (unpaired) electrons. The largest absolute Gasteiger partial charge is 0.496 e. The fourth-order valence-corrected chi connectivity index (χ4v) is 3.19. The van der Waals surface area contributed by atoms with Gasteiger partial charge in [0.25, 0.3) is 0 Å². The number of hydrogen-bond acceptors (Lipinski definition) is 5. The Kier molecular flexibility index (Phi) is 7.75. The van der Waals surface area contributed by atoms with E-state index < -0.39 is 0 Å². The molecule has 0 aliphatic carbocycles. The van der Waals surface area contributed by atoms with E-state index in [2.05, 4.69) is 45.0 Å². The van der Waals surface area contributed by atoms with Gasteiger partial charge in [-0.25, -0.2) is 4.68 Å². The third-order valence-electron chi connectivity index (χ3n) is 4.87. The molecule has 0 aliphatic heterocycles. The fourth-order valence-electron chi connectivity index (χ4n) is 3.19. The van der Waals surface area contributed by atoms with Crippen LogP contribution in [0.1, 0.15) is 11.1 Å². The second-order valence-electron chi connectivity index (χ2n) is 6.74. The van der Waals surface area contributed by atoms with Crippen LogP contribution >= 0.6 is 0 Å². The molecule has 0 unspecified atom stereocenters. The number of nitrogens with zero attached hydrogens (tertiary/aromatic N) is 3. The molecule has 1 aromatic heterocycles. The Hall–Kier alpha value is -3.68. The van der Waals surface area contributed by atoms with Gasteiger partial charge in [-0.2, -0.15) is 5.10 Å². The van der Waals surface area contributed by atoms with E-state index in [9.17, 15) is 0 Å². The van der Waals surface area contributed by atoms with Crippen molar-refractivity contribution in [3.05, 3.63) is 66.0 Å². The molecule has 0 bridgehead atoms. The summed E-state index contributed by atoms with van der Waals surface area (Å²) in [5.74, 6) is 2.72. The van der Waals surface area contributed by atoms with Crippen LogP contribution in [0.25, 0.3) is 5.69 Å². The number of benzene rings is 2. The maximum Gasteiger partial charge on any atom is 0.191 e. The summed E-state index contributed by atoms with van der Waals surface area (Å²) >= 11 is 0. The Labute approximate surface area is 182 Å². The lowest BCUT2D eigenvalue weighted by Crippen LogP contribution is -2.37. The van der Waals surface area contributed by atoms with Crippen LogP contribution in [0.2, 0.25) is 0 Å². The van der Waals surface area contributed by atoms with Crippen LogP contribution < -0.4 is 24.8 Å². The monoisotopic (exact) mass is 423 g/mol. The second-order valence-corrected chi connectivity index (χ2v) is 6.74. The number of rotatable bonds is 9. The van der Waals surface area contributed by atoms with Crippen LogP contribution in [0.4, 0.5) is 0 Å². The molecule has 31 heavy (non-hydrogen) atoms. The van der Waals surface area contributed by atoms with Gasteiger partial charge in [0.15, 0.2) is 17.5 Å². The Balaban J connectivity index is 1.53. The molecule has 0 atom stereocenters. The molecule has 8 heteroatoms. The quantitative estimate of drug-likeness (QED) is 0.407. The molecule has 0 aliphatic rings. The van der Waals surface area contributed by atoms with Crippen LogP contribution in [0.3, 0.4) is 0 Å². The summed E-state index contributed by atoms with van der Waals surface area (Å²) in [6, 6.07) is 14.0. The molecule has 2 aromatic carbocycles. The van der Waals surface area contributed by atoms with Crippen molar-refractivity contribution in [1.29, 1.82) is 0 Å². The highest BCUT2D eigenvalue weighted by Crippen LogP contribution is 2.34. The van der Waals surface area contributed by atoms with Crippen molar-refractivity contribution in [3.63, 3.8) is 0 Å². The van der Waals surface area contributed by atoms with Gasteiger partial charge in [0.05, 0.1) is 27.0 Å². The van der Waals surface area contributed by atoms with E-state index >= 15 is 0 Å². The number of hydrogen-bond donors (Lipinski definition) is 2. The second kappa shape index (κ2) is 10.9. The molecular weight excluding hydrogens is 394 g/mol. The Morgan fingerprint density at radius 2 is 1.68 bits per heavy atom. The molecule has 3 rings (SSSR count). The average Bonchev–Trinajstić information content (AvgIpc) is 3.36. The average molecular weight is 424 g/mol. The van der Waals surface area contributed by atoms with Crippen molar-refractivity contribution in [3.8, 4) is 22.9 Å². The van der Waals surface area contributed by atoms with E-state index in [0.29, 0.717) is 24.0 Å². The summed E-state index contributed by atoms with van der Waals surface area (Å²) < 4.78 is 18.1. The van der Waals surface area contributed by atoms with Gasteiger partial charge >= 0.3 is 0 Å². The molecule has 164 valence electrons. The zero-order valence-electron chi connectivity index (χ0n) is 18.4. The van der Waals surface area contributed by atoms with Crippen LogP contribution in [0.5, 0.6) is 17.2 Å². The standard InChI is InChI=1S/C23H29N5O3/c1-24-23(26-16-18-14-21(30-3)22(31-4)15-20(18)29-2)25-12-10-17-6-8-19(9-7-17)28-13-5-11-27-28/h5-9,11,13-15H,10,12,16H2,1-4H3,(H2,24,25,26). The molecule has 0 fully saturated rings. The first kappa shape index (κ1) is 22.0. The van der Waals surface area contributed by atoms with Crippen LogP contribution in [-0.2, 0) is 13.0 Å². The number of aromatic nitrogens is 2. The van der Waals surface area contributed by atoms with Gasteiger partial charge < -0.3 is 24.8 Å². The van der Waals surface area contributed by atoms with E-state index in [1.807, 2.05) is 29.1 Å². The van der Waals surface area contributed by atoms with Crippen molar-refractivity contribution in [2.45, 2.75) is 13.0 Å². The van der Waals surface area contributed by atoms with Crippen molar-refractivity contribution in [2.24, 2.45) is 4.99 Å². The summed E-state index contributed by atoms with van der Waals surface area (Å²) in [6.07, 6.45) is 4.58. The normalized spacial score (nSPS) is 11.2. The van der Waals surface area contributed by atoms with Crippen molar-refractivity contribution < 1.29 is 14.2 Å². The molecule has 0 amide bonds. The van der Waals surface area contributed by atoms with E-state index in [1.165, 1.54) is 5.56 Å². The Bertz CT molecular complexity index is 985. The zero-order valence-corrected chi connectivity index (χ0v) is 18.4. The molecule has 0 spiro atoms. The lowest BCUT2D eigenvalue weighted by atomic mass is 10.1. The molecule has 0 saturated carbocycles. The third kappa shape index (κ3) is 5.69. The highest BCUT2D eigenvalue weighted by molar-refractivity contribution is 5.79. The highest BCUT2D eigenvalue weighted by Gasteiger charge is 2.12. The minimum atomic E-state index is 0.530. The van der Waals surface area contributed by atoms with Crippen molar-refractivity contribution >= 4 is 5.96 Å². The molecule has 1 heterocycles. The summed E-state index contributed by atoms with van der Waals surface area (Å²) in [5.41, 5.74) is 3.22. The number of guanidine groups is 1. The first-order chi connectivity index (χ1) is 15.2. The number of ether oxygens (including phenoxy) is 3. The zero-order chi connectivity index (χ0) is 22.1. The first-order valence-electron chi connectivity index (χ1n) is 10.0. The van der Waals surface area contributed by atoms with E-state index in [4.69, 9.17) is 14.2 Å². The summed E-state index contributed by atoms with van der Waals surface area (Å²) in [6.45, 7) is 1.28. The molecule has 3 aromatic rings. The third-order valence-corrected chi connectivity index (χ3v) is 4.87. The van der Waals surface area contributed by atoms with Crippen LogP contribution in [0, 0.1) is 0 Å². The van der Waals surface area contributed by atoms with Crippen LogP contribution in [0.15, 0.2) is 59.9 Å². The van der Waals surface area contributed by atoms with Crippen molar-refractivity contribution in [2.75, 3.05) is 34.9 Å². The van der Waals surface area contributed by atoms with Crippen molar-refractivity contribution in [1.82, 2.24) is 20.4 Å². The predicted octanol–water partition coefficient (Wildman–Crippen LogP) is 2.81. The minimum absolute atomic E-state index is 0.530. The maximum absolute atomic E-state index is 5.49. The number of aliphatic imine (C=N–C) groups is 1. The smallest absolute Gasteiger partial charge is 0.191 e. The van der Waals surface area contributed by atoms with Crippen LogP contribution in [-0.4, -0.2) is 50.7 Å². The van der Waals surface area contributed by atoms with Gasteiger partial charge in [-0.15, -0.1) is 0 Å². The van der Waals surface area contributed by atoms with E-state index in [-0.39, 0.29) is 0 Å². The molecule has 8 nitrogen and oxygen atoms in total. The first-order valence-corrected chi connectivity index (χ1v) is 10.0. The predicted molar refractivity (Wildman–Crippen MR) is 122 cm³/mol. The SMILES string of the molecule is CN=C(NCCc1ccc(-n2cccn2)cc1)NCc1cc(OC)c(OC)cc1OC. The Morgan fingerprint density at radius 1 is 0.968 bits per heavy atom. The summed E-state index contributed by atoms with van der Waals surface area (Å²) in [5, 5.41) is 10.9. The summed E-state index contributed by atoms with van der Waals surface area (Å²) in [4.78, 5) is 4.30. The summed E-state index contributed by atoms with van der Waals surface area (Å²) in [7, 11) is 6.60. The maximum atomic E-state index is 5.49. The molecule has 2 N–H and O–H groups in total. The van der Waals surface area contributed by atoms with Gasteiger partial charge in [-0.3, -0.25) is 4.99 Å². The minimum Gasteiger partial charge on any atom is -0.496 e. The molecule has 0 saturated heterocycles.